The van der Waals surface area contributed by atoms with Crippen LogP contribution < -0.4 is 5.73 Å². The molecule has 29 heavy (non-hydrogen) atoms. The molecular weight excluding hydrogens is 364 g/mol. The van der Waals surface area contributed by atoms with Crippen molar-refractivity contribution in [1.82, 2.24) is 19.9 Å². The fourth-order valence-corrected chi connectivity index (χ4v) is 3.33. The molecule has 0 bridgehead atoms. The Balaban J connectivity index is 1.59. The van der Waals surface area contributed by atoms with Gasteiger partial charge >= 0.3 is 0 Å². The van der Waals surface area contributed by atoms with E-state index < -0.39 is 0 Å². The van der Waals surface area contributed by atoms with Gasteiger partial charge < -0.3 is 15.1 Å². The number of hydrogen-bond donors (Lipinski definition) is 3. The smallest absolute Gasteiger partial charge is 0.132 e. The molecule has 0 fully saturated rings. The standard InChI is InChI=1S/C22H16N6O/c23-20(17-8-15(11-27-22(17)24)13-2-1-5-25-10-13)19-9-16-18(28-19)3-6-26-21(16)14-4-7-29-12-14/h1-12,23,28H,(H2,24,27). The average molecular weight is 380 g/mol. The molecule has 7 nitrogen and oxygen atoms in total. The highest BCUT2D eigenvalue weighted by molar-refractivity contribution is 6.15. The van der Waals surface area contributed by atoms with Gasteiger partial charge in [-0.3, -0.25) is 15.4 Å². The summed E-state index contributed by atoms with van der Waals surface area (Å²) in [6.45, 7) is 0. The van der Waals surface area contributed by atoms with Gasteiger partial charge in [0.1, 0.15) is 5.82 Å². The number of pyridine rings is 3. The minimum Gasteiger partial charge on any atom is -0.472 e. The molecule has 0 aliphatic heterocycles. The first-order valence-electron chi connectivity index (χ1n) is 8.96. The Bertz CT molecular complexity index is 1320. The Kier molecular flexibility index (Phi) is 3.91. The topological polar surface area (TPSA) is 117 Å². The fraction of sp³-hybridized carbons (Fsp3) is 0. The summed E-state index contributed by atoms with van der Waals surface area (Å²) in [6, 6.07) is 11.3. The number of hydrogen-bond acceptors (Lipinski definition) is 6. The molecule has 0 aromatic carbocycles. The second-order valence-corrected chi connectivity index (χ2v) is 6.59. The fourth-order valence-electron chi connectivity index (χ4n) is 3.33. The van der Waals surface area contributed by atoms with Crippen LogP contribution in [-0.4, -0.2) is 25.6 Å². The maximum atomic E-state index is 8.74. The molecule has 0 radical (unpaired) electrons. The van der Waals surface area contributed by atoms with Crippen molar-refractivity contribution in [2.45, 2.75) is 0 Å². The largest absolute Gasteiger partial charge is 0.472 e. The number of aromatic amines is 1. The summed E-state index contributed by atoms with van der Waals surface area (Å²) in [6.07, 6.45) is 10.2. The van der Waals surface area contributed by atoms with E-state index in [4.69, 9.17) is 15.6 Å². The van der Waals surface area contributed by atoms with Crippen LogP contribution in [0.25, 0.3) is 33.3 Å². The normalized spacial score (nSPS) is 11.0. The van der Waals surface area contributed by atoms with Gasteiger partial charge in [0, 0.05) is 57.9 Å². The zero-order chi connectivity index (χ0) is 19.8. The Morgan fingerprint density at radius 3 is 2.72 bits per heavy atom. The lowest BCUT2D eigenvalue weighted by Gasteiger charge is -2.08. The quantitative estimate of drug-likeness (QED) is 0.402. The molecule has 0 unspecified atom stereocenters. The lowest BCUT2D eigenvalue weighted by molar-refractivity contribution is 0.568. The summed E-state index contributed by atoms with van der Waals surface area (Å²) in [4.78, 5) is 16.2. The van der Waals surface area contributed by atoms with Crippen molar-refractivity contribution in [1.29, 1.82) is 5.41 Å². The number of nitrogens with two attached hydrogens (primary N) is 1. The molecule has 5 aromatic heterocycles. The van der Waals surface area contributed by atoms with Gasteiger partial charge in [-0.15, -0.1) is 0 Å². The molecule has 7 heteroatoms. The molecular formula is C22H16N6O. The minimum absolute atomic E-state index is 0.259. The molecule has 0 aliphatic carbocycles. The first-order valence-corrected chi connectivity index (χ1v) is 8.96. The molecule has 0 saturated carbocycles. The Hall–Kier alpha value is -4.26. The van der Waals surface area contributed by atoms with Crippen LogP contribution in [0.1, 0.15) is 11.3 Å². The molecule has 0 spiro atoms. The summed E-state index contributed by atoms with van der Waals surface area (Å²) < 4.78 is 5.19. The second kappa shape index (κ2) is 6.72. The highest BCUT2D eigenvalue weighted by Crippen LogP contribution is 2.29. The van der Waals surface area contributed by atoms with Crippen LogP contribution >= 0.6 is 0 Å². The van der Waals surface area contributed by atoms with Gasteiger partial charge in [-0.1, -0.05) is 6.07 Å². The maximum Gasteiger partial charge on any atom is 0.132 e. The lowest BCUT2D eigenvalue weighted by Crippen LogP contribution is -2.07. The monoisotopic (exact) mass is 380 g/mol. The summed E-state index contributed by atoms with van der Waals surface area (Å²) in [5.74, 6) is 0.300. The van der Waals surface area contributed by atoms with E-state index in [9.17, 15) is 0 Å². The van der Waals surface area contributed by atoms with Gasteiger partial charge in [-0.25, -0.2) is 4.98 Å². The van der Waals surface area contributed by atoms with Gasteiger partial charge in [0.2, 0.25) is 0 Å². The summed E-state index contributed by atoms with van der Waals surface area (Å²) in [7, 11) is 0. The highest BCUT2D eigenvalue weighted by Gasteiger charge is 2.16. The van der Waals surface area contributed by atoms with Crippen LogP contribution in [0.5, 0.6) is 0 Å². The van der Waals surface area contributed by atoms with E-state index in [1.807, 2.05) is 36.4 Å². The van der Waals surface area contributed by atoms with Crippen LogP contribution in [0.2, 0.25) is 0 Å². The van der Waals surface area contributed by atoms with Crippen molar-refractivity contribution in [2.24, 2.45) is 0 Å². The van der Waals surface area contributed by atoms with Crippen molar-refractivity contribution in [2.75, 3.05) is 5.73 Å². The number of nitrogens with one attached hydrogen (secondary N) is 2. The predicted molar refractivity (Wildman–Crippen MR) is 112 cm³/mol. The number of H-pyrrole nitrogens is 1. The van der Waals surface area contributed by atoms with E-state index in [2.05, 4.69) is 19.9 Å². The van der Waals surface area contributed by atoms with E-state index in [1.165, 1.54) is 0 Å². The second-order valence-electron chi connectivity index (χ2n) is 6.59. The average Bonchev–Trinajstić information content (AvgIpc) is 3.44. The van der Waals surface area contributed by atoms with Gasteiger partial charge in [-0.2, -0.15) is 0 Å². The molecule has 140 valence electrons. The van der Waals surface area contributed by atoms with Gasteiger partial charge in [0.15, 0.2) is 0 Å². The van der Waals surface area contributed by atoms with Crippen LogP contribution in [0.4, 0.5) is 5.82 Å². The van der Waals surface area contributed by atoms with Crippen LogP contribution in [0.3, 0.4) is 0 Å². The SMILES string of the molecule is N=C(c1cc2c(-c3ccoc3)nccc2[nH]1)c1cc(-c2cccnc2)cnc1N. The molecule has 0 amide bonds. The minimum atomic E-state index is 0.259. The molecule has 0 atom stereocenters. The van der Waals surface area contributed by atoms with Crippen LogP contribution in [0.15, 0.2) is 78.1 Å². The third-order valence-corrected chi connectivity index (χ3v) is 4.79. The number of anilines is 1. The third kappa shape index (κ3) is 2.94. The number of aromatic nitrogens is 4. The van der Waals surface area contributed by atoms with E-state index in [-0.39, 0.29) is 5.71 Å². The lowest BCUT2D eigenvalue weighted by atomic mass is 10.0. The number of furan rings is 1. The summed E-state index contributed by atoms with van der Waals surface area (Å²) in [5.41, 5.74) is 11.9. The number of nitrogens with zero attached hydrogens (tertiary/aromatic N) is 3. The highest BCUT2D eigenvalue weighted by atomic mass is 16.3. The summed E-state index contributed by atoms with van der Waals surface area (Å²) >= 11 is 0. The van der Waals surface area contributed by atoms with E-state index in [1.54, 1.807) is 37.3 Å². The Morgan fingerprint density at radius 1 is 1.00 bits per heavy atom. The molecule has 5 aromatic rings. The first-order chi connectivity index (χ1) is 14.2. The van der Waals surface area contributed by atoms with Crippen molar-refractivity contribution >= 4 is 22.4 Å². The molecule has 0 aliphatic rings. The third-order valence-electron chi connectivity index (χ3n) is 4.79. The van der Waals surface area contributed by atoms with Gasteiger partial charge in [0.05, 0.1) is 29.6 Å². The van der Waals surface area contributed by atoms with Gasteiger partial charge in [0.25, 0.3) is 0 Å². The van der Waals surface area contributed by atoms with E-state index >= 15 is 0 Å². The van der Waals surface area contributed by atoms with Crippen molar-refractivity contribution in [3.8, 4) is 22.4 Å². The molecule has 0 saturated heterocycles. The zero-order valence-electron chi connectivity index (χ0n) is 15.3. The van der Waals surface area contributed by atoms with E-state index in [0.717, 1.165) is 33.3 Å². The maximum absolute atomic E-state index is 8.74. The summed E-state index contributed by atoms with van der Waals surface area (Å²) in [5, 5.41) is 9.65. The Labute approximate surface area is 165 Å². The predicted octanol–water partition coefficient (Wildman–Crippen LogP) is 4.28. The van der Waals surface area contributed by atoms with E-state index in [0.29, 0.717) is 17.1 Å². The molecule has 4 N–H and O–H groups in total. The zero-order valence-corrected chi connectivity index (χ0v) is 15.3. The van der Waals surface area contributed by atoms with Gasteiger partial charge in [-0.05, 0) is 30.3 Å². The molecule has 5 heterocycles. The number of fused-ring (bicyclic) bond motifs is 1. The molecule has 5 rings (SSSR count). The Morgan fingerprint density at radius 2 is 1.93 bits per heavy atom. The van der Waals surface area contributed by atoms with Crippen LogP contribution in [0, 0.1) is 5.41 Å². The first kappa shape index (κ1) is 16.9. The number of nitrogen functional groups attached to an aromatic ring is 1. The van der Waals surface area contributed by atoms with Crippen LogP contribution in [-0.2, 0) is 0 Å². The van der Waals surface area contributed by atoms with Crippen molar-refractivity contribution in [3.05, 3.63) is 85.0 Å². The number of rotatable bonds is 4. The van der Waals surface area contributed by atoms with Crippen molar-refractivity contribution < 1.29 is 4.42 Å². The van der Waals surface area contributed by atoms with Crippen molar-refractivity contribution in [3.63, 3.8) is 0 Å².